The van der Waals surface area contributed by atoms with E-state index in [1.54, 1.807) is 6.20 Å². The Morgan fingerprint density at radius 2 is 2.36 bits per heavy atom. The van der Waals surface area contributed by atoms with Gasteiger partial charge in [-0.2, -0.15) is 10.0 Å². The fourth-order valence-corrected chi connectivity index (χ4v) is 0.883. The first-order valence-electron chi connectivity index (χ1n) is 3.70. The van der Waals surface area contributed by atoms with E-state index in [1.807, 2.05) is 16.9 Å². The number of unbranched alkanes of at least 4 members (excludes halogenated alkanes) is 1. The highest BCUT2D eigenvalue weighted by Gasteiger charge is 1.90. The van der Waals surface area contributed by atoms with Crippen molar-refractivity contribution in [3.8, 4) is 0 Å². The number of hydrogen-bond acceptors (Lipinski definition) is 3. The second-order valence-corrected chi connectivity index (χ2v) is 2.33. The molecule has 4 heteroatoms. The van der Waals surface area contributed by atoms with Crippen LogP contribution in [0.4, 0.5) is 0 Å². The molecule has 1 aromatic rings. The molecular formula is C7H11N3O. The molecular weight excluding hydrogens is 142 g/mol. The van der Waals surface area contributed by atoms with Crippen LogP contribution in [-0.2, 0) is 6.54 Å². The van der Waals surface area contributed by atoms with Crippen LogP contribution in [0, 0.1) is 4.91 Å². The second-order valence-electron chi connectivity index (χ2n) is 2.33. The highest BCUT2D eigenvalue weighted by molar-refractivity contribution is 4.77. The van der Waals surface area contributed by atoms with Crippen LogP contribution in [-0.4, -0.2) is 16.3 Å². The Bertz CT molecular complexity index is 195. The Kier molecular flexibility index (Phi) is 3.31. The topological polar surface area (TPSA) is 47.2 Å². The maximum absolute atomic E-state index is 9.69. The molecule has 0 saturated carbocycles. The maximum Gasteiger partial charge on any atom is 0.0811 e. The summed E-state index contributed by atoms with van der Waals surface area (Å²) in [6, 6.07) is 1.89. The Labute approximate surface area is 65.2 Å². The van der Waals surface area contributed by atoms with Crippen molar-refractivity contribution in [1.82, 2.24) is 9.78 Å². The Balaban J connectivity index is 2.09. The van der Waals surface area contributed by atoms with Crippen LogP contribution in [0.2, 0.25) is 0 Å². The lowest BCUT2D eigenvalue weighted by Crippen LogP contribution is -1.98. The molecule has 11 heavy (non-hydrogen) atoms. The van der Waals surface area contributed by atoms with Crippen molar-refractivity contribution >= 4 is 0 Å². The van der Waals surface area contributed by atoms with Crippen molar-refractivity contribution < 1.29 is 0 Å². The average molecular weight is 153 g/mol. The molecule has 0 aliphatic rings. The lowest BCUT2D eigenvalue weighted by molar-refractivity contribution is 0.561. The average Bonchev–Trinajstić information content (AvgIpc) is 2.50. The normalized spacial score (nSPS) is 9.82. The van der Waals surface area contributed by atoms with Crippen molar-refractivity contribution in [2.24, 2.45) is 5.18 Å². The molecule has 60 valence electrons. The van der Waals surface area contributed by atoms with Crippen molar-refractivity contribution in [3.05, 3.63) is 23.4 Å². The predicted molar refractivity (Wildman–Crippen MR) is 42.1 cm³/mol. The molecule has 4 nitrogen and oxygen atoms in total. The molecule has 0 bridgehead atoms. The molecule has 0 aliphatic carbocycles. The Hall–Kier alpha value is -1.19. The largest absolute Gasteiger partial charge is 0.273 e. The molecule has 1 aromatic heterocycles. The summed E-state index contributed by atoms with van der Waals surface area (Å²) < 4.78 is 1.85. The monoisotopic (exact) mass is 153 g/mol. The van der Waals surface area contributed by atoms with Gasteiger partial charge in [0, 0.05) is 18.9 Å². The lowest BCUT2D eigenvalue weighted by atomic mass is 10.3. The summed E-state index contributed by atoms with van der Waals surface area (Å²) in [6.45, 7) is 1.30. The molecule has 0 aromatic carbocycles. The van der Waals surface area contributed by atoms with E-state index in [0.717, 1.165) is 19.4 Å². The first kappa shape index (κ1) is 7.91. The van der Waals surface area contributed by atoms with Crippen LogP contribution in [0.3, 0.4) is 0 Å². The Morgan fingerprint density at radius 1 is 1.45 bits per heavy atom. The van der Waals surface area contributed by atoms with Crippen LogP contribution in [0.25, 0.3) is 0 Å². The summed E-state index contributed by atoms with van der Waals surface area (Å²) in [6.07, 6.45) is 5.48. The van der Waals surface area contributed by atoms with Gasteiger partial charge < -0.3 is 0 Å². The van der Waals surface area contributed by atoms with E-state index >= 15 is 0 Å². The van der Waals surface area contributed by atoms with Crippen molar-refractivity contribution in [2.45, 2.75) is 19.4 Å². The predicted octanol–water partition coefficient (Wildman–Crippen LogP) is 1.43. The summed E-state index contributed by atoms with van der Waals surface area (Å²) in [5.74, 6) is 0. The van der Waals surface area contributed by atoms with E-state index in [2.05, 4.69) is 10.3 Å². The van der Waals surface area contributed by atoms with Gasteiger partial charge in [0.05, 0.1) is 6.54 Å². The van der Waals surface area contributed by atoms with E-state index < -0.39 is 0 Å². The second kappa shape index (κ2) is 4.60. The van der Waals surface area contributed by atoms with E-state index in [9.17, 15) is 4.91 Å². The van der Waals surface area contributed by atoms with Crippen LogP contribution in [0.15, 0.2) is 23.6 Å². The van der Waals surface area contributed by atoms with Crippen LogP contribution >= 0.6 is 0 Å². The van der Waals surface area contributed by atoms with Gasteiger partial charge in [0.15, 0.2) is 0 Å². The third kappa shape index (κ3) is 2.93. The van der Waals surface area contributed by atoms with Gasteiger partial charge >= 0.3 is 0 Å². The van der Waals surface area contributed by atoms with Crippen LogP contribution < -0.4 is 0 Å². The first-order valence-corrected chi connectivity index (χ1v) is 3.70. The molecule has 0 atom stereocenters. The summed E-state index contributed by atoms with van der Waals surface area (Å²) in [5, 5.41) is 6.80. The van der Waals surface area contributed by atoms with Gasteiger partial charge in [-0.25, -0.2) is 0 Å². The molecule has 0 saturated heterocycles. The van der Waals surface area contributed by atoms with Crippen LogP contribution in [0.1, 0.15) is 12.8 Å². The zero-order valence-electron chi connectivity index (χ0n) is 6.31. The van der Waals surface area contributed by atoms with Gasteiger partial charge in [0.25, 0.3) is 0 Å². The van der Waals surface area contributed by atoms with Crippen molar-refractivity contribution in [2.75, 3.05) is 6.54 Å². The number of aryl methyl sites for hydroxylation is 1. The molecule has 0 aliphatic heterocycles. The molecule has 0 amide bonds. The summed E-state index contributed by atoms with van der Waals surface area (Å²) in [4.78, 5) is 9.69. The van der Waals surface area contributed by atoms with E-state index in [1.165, 1.54) is 0 Å². The number of nitrogens with zero attached hydrogens (tertiary/aromatic N) is 3. The summed E-state index contributed by atoms with van der Waals surface area (Å²) in [7, 11) is 0. The number of rotatable bonds is 5. The molecule has 0 fully saturated rings. The fourth-order valence-electron chi connectivity index (χ4n) is 0.883. The molecule has 0 unspecified atom stereocenters. The molecule has 1 rings (SSSR count). The SMILES string of the molecule is O=NCCCCn1cccn1. The first-order chi connectivity index (χ1) is 5.43. The maximum atomic E-state index is 9.69. The highest BCUT2D eigenvalue weighted by Crippen LogP contribution is 1.93. The van der Waals surface area contributed by atoms with Gasteiger partial charge in [0.1, 0.15) is 0 Å². The van der Waals surface area contributed by atoms with Gasteiger partial charge in [-0.3, -0.25) is 4.68 Å². The minimum Gasteiger partial charge on any atom is -0.273 e. The number of hydrogen-bond donors (Lipinski definition) is 0. The Morgan fingerprint density at radius 3 is 3.00 bits per heavy atom. The third-order valence-corrected chi connectivity index (χ3v) is 1.45. The van der Waals surface area contributed by atoms with Gasteiger partial charge in [-0.05, 0) is 18.9 Å². The zero-order chi connectivity index (χ0) is 7.94. The molecule has 1 heterocycles. The summed E-state index contributed by atoms with van der Waals surface area (Å²) in [5.41, 5.74) is 0. The zero-order valence-corrected chi connectivity index (χ0v) is 6.31. The smallest absolute Gasteiger partial charge is 0.0811 e. The standard InChI is InChI=1S/C7H11N3O/c11-9-5-1-2-6-10-7-3-4-8-10/h3-4,7H,1-2,5-6H2. The quantitative estimate of drug-likeness (QED) is 0.474. The summed E-state index contributed by atoms with van der Waals surface area (Å²) >= 11 is 0. The minimum atomic E-state index is 0.418. The van der Waals surface area contributed by atoms with Crippen LogP contribution in [0.5, 0.6) is 0 Å². The van der Waals surface area contributed by atoms with Crippen molar-refractivity contribution in [1.29, 1.82) is 0 Å². The van der Waals surface area contributed by atoms with Crippen molar-refractivity contribution in [3.63, 3.8) is 0 Å². The third-order valence-electron chi connectivity index (χ3n) is 1.45. The van der Waals surface area contributed by atoms with Gasteiger partial charge in [-0.15, -0.1) is 0 Å². The van der Waals surface area contributed by atoms with E-state index in [4.69, 9.17) is 0 Å². The number of aromatic nitrogens is 2. The highest BCUT2D eigenvalue weighted by atomic mass is 16.3. The van der Waals surface area contributed by atoms with E-state index in [0.29, 0.717) is 6.54 Å². The number of nitroso groups, excluding NO2 is 1. The van der Waals surface area contributed by atoms with Gasteiger partial charge in [0.2, 0.25) is 0 Å². The minimum absolute atomic E-state index is 0.418. The molecule has 0 spiro atoms. The fraction of sp³-hybridized carbons (Fsp3) is 0.571. The molecule has 0 N–H and O–H groups in total. The lowest BCUT2D eigenvalue weighted by Gasteiger charge is -1.97. The van der Waals surface area contributed by atoms with E-state index in [-0.39, 0.29) is 0 Å². The van der Waals surface area contributed by atoms with Gasteiger partial charge in [-0.1, -0.05) is 5.18 Å². The molecule has 0 radical (unpaired) electrons.